The number of carbonyl (C=O) groups excluding carboxylic acids is 1. The average molecular weight is 430 g/mol. The molecule has 168 valence electrons. The van der Waals surface area contributed by atoms with Crippen LogP contribution in [0.4, 0.5) is 8.78 Å². The van der Waals surface area contributed by atoms with E-state index in [9.17, 15) is 18.7 Å². The molecule has 3 nitrogen and oxygen atoms in total. The first-order chi connectivity index (χ1) is 14.9. The molecular weight excluding hydrogens is 396 g/mol. The first-order valence-electron chi connectivity index (χ1n) is 11.5. The van der Waals surface area contributed by atoms with Gasteiger partial charge in [0.25, 0.3) is 0 Å². The first kappa shape index (κ1) is 23.4. The summed E-state index contributed by atoms with van der Waals surface area (Å²) >= 11 is 0. The Bertz CT molecular complexity index is 896. The molecule has 2 aromatic rings. The van der Waals surface area contributed by atoms with Gasteiger partial charge in [0.05, 0.1) is 6.04 Å². The Balaban J connectivity index is 1.67. The fourth-order valence-electron chi connectivity index (χ4n) is 4.24. The van der Waals surface area contributed by atoms with Gasteiger partial charge >= 0.3 is 5.92 Å². The summed E-state index contributed by atoms with van der Waals surface area (Å²) < 4.78 is 29.9. The lowest BCUT2D eigenvalue weighted by molar-refractivity contribution is -0.135. The number of halogens is 2. The Hall–Kier alpha value is -2.27. The van der Waals surface area contributed by atoms with E-state index in [0.29, 0.717) is 18.4 Å². The normalized spacial score (nSPS) is 18.8. The number of benzene rings is 2. The van der Waals surface area contributed by atoms with Crippen LogP contribution in [0, 0.1) is 0 Å². The van der Waals surface area contributed by atoms with Gasteiger partial charge in [-0.1, -0.05) is 81.2 Å². The van der Waals surface area contributed by atoms with E-state index >= 15 is 0 Å². The SMILES string of the molecule is CCCCCCCN1C(=O)CCC[C@@H]1/C=C/[C@@H](O)C(F)(F)c1ccc2ccccc2c1. The molecule has 1 heterocycles. The number of aliphatic hydroxyl groups is 1. The maximum absolute atomic E-state index is 14.9. The largest absolute Gasteiger partial charge is 0.382 e. The monoisotopic (exact) mass is 429 g/mol. The number of amides is 1. The van der Waals surface area contributed by atoms with Gasteiger partial charge < -0.3 is 10.0 Å². The summed E-state index contributed by atoms with van der Waals surface area (Å²) in [6.45, 7) is 2.81. The van der Waals surface area contributed by atoms with E-state index in [1.165, 1.54) is 24.6 Å². The molecule has 0 aliphatic carbocycles. The van der Waals surface area contributed by atoms with E-state index in [-0.39, 0.29) is 17.5 Å². The number of rotatable bonds is 10. The van der Waals surface area contributed by atoms with Crippen LogP contribution in [0.3, 0.4) is 0 Å². The molecular formula is C26H33F2NO2. The van der Waals surface area contributed by atoms with Crippen molar-refractivity contribution in [1.82, 2.24) is 4.90 Å². The molecule has 0 aromatic heterocycles. The van der Waals surface area contributed by atoms with Crippen LogP contribution in [0.15, 0.2) is 54.6 Å². The second-order valence-electron chi connectivity index (χ2n) is 8.48. The molecule has 1 aliphatic heterocycles. The van der Waals surface area contributed by atoms with Gasteiger partial charge in [0.15, 0.2) is 0 Å². The van der Waals surface area contributed by atoms with E-state index in [0.717, 1.165) is 43.9 Å². The summed E-state index contributed by atoms with van der Waals surface area (Å²) in [5, 5.41) is 11.9. The molecule has 31 heavy (non-hydrogen) atoms. The van der Waals surface area contributed by atoms with E-state index in [2.05, 4.69) is 6.92 Å². The third kappa shape index (κ3) is 5.91. The van der Waals surface area contributed by atoms with Gasteiger partial charge in [-0.2, -0.15) is 8.78 Å². The highest BCUT2D eigenvalue weighted by atomic mass is 19.3. The van der Waals surface area contributed by atoms with Crippen molar-refractivity contribution < 1.29 is 18.7 Å². The topological polar surface area (TPSA) is 40.5 Å². The predicted octanol–water partition coefficient (Wildman–Crippen LogP) is 6.20. The lowest BCUT2D eigenvalue weighted by atomic mass is 9.96. The van der Waals surface area contributed by atoms with Crippen LogP contribution in [-0.2, 0) is 10.7 Å². The average Bonchev–Trinajstić information content (AvgIpc) is 2.78. The smallest absolute Gasteiger partial charge is 0.302 e. The summed E-state index contributed by atoms with van der Waals surface area (Å²) in [6.07, 6.45) is 8.31. The highest BCUT2D eigenvalue weighted by Gasteiger charge is 2.39. The number of likely N-dealkylation sites (tertiary alicyclic amines) is 1. The number of piperidine rings is 1. The number of unbranched alkanes of at least 4 members (excludes halogenated alkanes) is 4. The maximum Gasteiger partial charge on any atom is 0.302 e. The minimum atomic E-state index is -3.41. The van der Waals surface area contributed by atoms with Crippen molar-refractivity contribution in [3.05, 3.63) is 60.2 Å². The number of hydrogen-bond donors (Lipinski definition) is 1. The van der Waals surface area contributed by atoms with E-state index in [4.69, 9.17) is 0 Å². The van der Waals surface area contributed by atoms with Crippen molar-refractivity contribution in [3.63, 3.8) is 0 Å². The van der Waals surface area contributed by atoms with Crippen molar-refractivity contribution in [1.29, 1.82) is 0 Å². The van der Waals surface area contributed by atoms with Crippen molar-refractivity contribution in [2.45, 2.75) is 76.4 Å². The molecule has 0 saturated carbocycles. The zero-order chi connectivity index (χ0) is 22.3. The Morgan fingerprint density at radius 3 is 2.65 bits per heavy atom. The number of nitrogens with zero attached hydrogens (tertiary/aromatic N) is 1. The molecule has 0 radical (unpaired) electrons. The van der Waals surface area contributed by atoms with Crippen LogP contribution in [0.5, 0.6) is 0 Å². The van der Waals surface area contributed by atoms with E-state index in [1.807, 2.05) is 12.1 Å². The lowest BCUT2D eigenvalue weighted by Crippen LogP contribution is -2.43. The molecule has 3 rings (SSSR count). The minimum Gasteiger partial charge on any atom is -0.382 e. The van der Waals surface area contributed by atoms with Crippen molar-refractivity contribution in [2.75, 3.05) is 6.54 Å². The number of aliphatic hydroxyl groups excluding tert-OH is 1. The predicted molar refractivity (Wildman–Crippen MR) is 121 cm³/mol. The number of hydrogen-bond acceptors (Lipinski definition) is 2. The molecule has 1 aliphatic rings. The molecule has 0 unspecified atom stereocenters. The Kier molecular flexibility index (Phi) is 8.19. The Morgan fingerprint density at radius 2 is 1.87 bits per heavy atom. The highest BCUT2D eigenvalue weighted by Crippen LogP contribution is 2.34. The number of carbonyl (C=O) groups is 1. The molecule has 0 spiro atoms. The van der Waals surface area contributed by atoms with Gasteiger partial charge in [0, 0.05) is 18.5 Å². The van der Waals surface area contributed by atoms with Crippen molar-refractivity contribution in [3.8, 4) is 0 Å². The fourth-order valence-corrected chi connectivity index (χ4v) is 4.24. The minimum absolute atomic E-state index is 0.0761. The van der Waals surface area contributed by atoms with Crippen LogP contribution in [0.2, 0.25) is 0 Å². The van der Waals surface area contributed by atoms with E-state index < -0.39 is 12.0 Å². The molecule has 1 fully saturated rings. The van der Waals surface area contributed by atoms with Crippen LogP contribution < -0.4 is 0 Å². The maximum atomic E-state index is 14.9. The molecule has 1 N–H and O–H groups in total. The standard InChI is InChI=1S/C26H33F2NO2/c1-2-3-4-5-8-18-29-23(12-9-13-25(29)31)16-17-24(30)26(27,28)22-15-14-20-10-6-7-11-21(20)19-22/h6-7,10-11,14-17,19,23-24,30H,2-5,8-9,12-13,18H2,1H3/b17-16+/t23-,24-/m1/s1. The van der Waals surface area contributed by atoms with Crippen LogP contribution in [0.1, 0.15) is 63.9 Å². The van der Waals surface area contributed by atoms with Crippen molar-refractivity contribution in [2.24, 2.45) is 0 Å². The lowest BCUT2D eigenvalue weighted by Gasteiger charge is -2.34. The Morgan fingerprint density at radius 1 is 1.13 bits per heavy atom. The molecule has 1 amide bonds. The van der Waals surface area contributed by atoms with Crippen LogP contribution >= 0.6 is 0 Å². The zero-order valence-electron chi connectivity index (χ0n) is 18.3. The number of fused-ring (bicyclic) bond motifs is 1. The van der Waals surface area contributed by atoms with Crippen LogP contribution in [0.25, 0.3) is 10.8 Å². The van der Waals surface area contributed by atoms with Gasteiger partial charge in [-0.25, -0.2) is 0 Å². The quantitative estimate of drug-likeness (QED) is 0.361. The summed E-state index contributed by atoms with van der Waals surface area (Å²) in [4.78, 5) is 14.2. The first-order valence-corrected chi connectivity index (χ1v) is 11.5. The second kappa shape index (κ2) is 10.9. The summed E-state index contributed by atoms with van der Waals surface area (Å²) in [5.74, 6) is -3.34. The summed E-state index contributed by atoms with van der Waals surface area (Å²) in [7, 11) is 0. The van der Waals surface area contributed by atoms with Crippen LogP contribution in [-0.4, -0.2) is 34.6 Å². The molecule has 2 aromatic carbocycles. The van der Waals surface area contributed by atoms with Gasteiger partial charge in [-0.15, -0.1) is 0 Å². The molecule has 1 saturated heterocycles. The fraction of sp³-hybridized carbons (Fsp3) is 0.500. The zero-order valence-corrected chi connectivity index (χ0v) is 18.3. The van der Waals surface area contributed by atoms with Gasteiger partial charge in [0.2, 0.25) is 5.91 Å². The third-order valence-electron chi connectivity index (χ3n) is 6.14. The van der Waals surface area contributed by atoms with Crippen molar-refractivity contribution >= 4 is 16.7 Å². The second-order valence-corrected chi connectivity index (χ2v) is 8.48. The molecule has 0 bridgehead atoms. The third-order valence-corrected chi connectivity index (χ3v) is 6.14. The number of alkyl halides is 2. The highest BCUT2D eigenvalue weighted by molar-refractivity contribution is 5.83. The summed E-state index contributed by atoms with van der Waals surface area (Å²) in [5.41, 5.74) is -0.212. The Labute approximate surface area is 183 Å². The van der Waals surface area contributed by atoms with Gasteiger partial charge in [-0.3, -0.25) is 4.79 Å². The van der Waals surface area contributed by atoms with E-state index in [1.54, 1.807) is 29.2 Å². The van der Waals surface area contributed by atoms with Gasteiger partial charge in [-0.05, 0) is 36.1 Å². The molecule has 5 heteroatoms. The summed E-state index contributed by atoms with van der Waals surface area (Å²) in [6, 6.07) is 11.5. The molecule has 2 atom stereocenters. The van der Waals surface area contributed by atoms with Gasteiger partial charge in [0.1, 0.15) is 6.10 Å².